The Labute approximate surface area is 120 Å². The molecule has 0 spiro atoms. The maximum absolute atomic E-state index is 13.7. The van der Waals surface area contributed by atoms with E-state index < -0.39 is 21.5 Å². The van der Waals surface area contributed by atoms with Gasteiger partial charge in [0.15, 0.2) is 5.82 Å². The third-order valence-corrected chi connectivity index (χ3v) is 3.73. The molecule has 2 rings (SSSR count). The number of nitriles is 1. The van der Waals surface area contributed by atoms with Crippen LogP contribution >= 0.6 is 0 Å². The Kier molecular flexibility index (Phi) is 4.04. The van der Waals surface area contributed by atoms with Gasteiger partial charge < -0.3 is 5.32 Å². The first-order chi connectivity index (χ1) is 9.81. The van der Waals surface area contributed by atoms with Crippen molar-refractivity contribution in [2.75, 3.05) is 23.9 Å². The first-order valence-electron chi connectivity index (χ1n) is 5.91. The average molecular weight is 311 g/mol. The van der Waals surface area contributed by atoms with Crippen LogP contribution in [-0.4, -0.2) is 32.0 Å². The van der Waals surface area contributed by atoms with Crippen molar-refractivity contribution in [3.8, 4) is 6.07 Å². The van der Waals surface area contributed by atoms with Crippen molar-refractivity contribution < 1.29 is 17.2 Å². The number of nitrogens with one attached hydrogen (secondary N) is 1. The van der Waals surface area contributed by atoms with Crippen LogP contribution < -0.4 is 5.32 Å². The standard InChI is InChI=1S/C13H11F2N3O2S/c1-21(19,20)3-2-17-12-8(6-16)7-18-13-10(12)4-9(14)5-11(13)15/h4-5,7H,2-3H2,1H3,(H,17,18). The smallest absolute Gasteiger partial charge is 0.152 e. The Morgan fingerprint density at radius 3 is 2.71 bits per heavy atom. The molecule has 21 heavy (non-hydrogen) atoms. The molecule has 0 unspecified atom stereocenters. The van der Waals surface area contributed by atoms with Crippen LogP contribution in [-0.2, 0) is 9.84 Å². The van der Waals surface area contributed by atoms with Gasteiger partial charge in [-0.05, 0) is 6.07 Å². The fraction of sp³-hybridized carbons (Fsp3) is 0.231. The quantitative estimate of drug-likeness (QED) is 0.931. The highest BCUT2D eigenvalue weighted by Crippen LogP contribution is 2.28. The van der Waals surface area contributed by atoms with E-state index >= 15 is 0 Å². The topological polar surface area (TPSA) is 82.9 Å². The monoisotopic (exact) mass is 311 g/mol. The van der Waals surface area contributed by atoms with Crippen LogP contribution in [0, 0.1) is 23.0 Å². The molecule has 8 heteroatoms. The number of benzene rings is 1. The highest BCUT2D eigenvalue weighted by molar-refractivity contribution is 7.90. The fourth-order valence-electron chi connectivity index (χ4n) is 1.86. The summed E-state index contributed by atoms with van der Waals surface area (Å²) in [5, 5.41) is 11.9. The van der Waals surface area contributed by atoms with E-state index in [9.17, 15) is 17.2 Å². The second-order valence-corrected chi connectivity index (χ2v) is 6.76. The minimum absolute atomic E-state index is 0.0186. The zero-order valence-electron chi connectivity index (χ0n) is 11.0. The third kappa shape index (κ3) is 3.44. The van der Waals surface area contributed by atoms with Gasteiger partial charge in [-0.3, -0.25) is 4.98 Å². The molecular weight excluding hydrogens is 300 g/mol. The van der Waals surface area contributed by atoms with E-state index in [1.807, 2.05) is 6.07 Å². The third-order valence-electron chi connectivity index (χ3n) is 2.78. The number of rotatable bonds is 4. The molecule has 0 aliphatic rings. The van der Waals surface area contributed by atoms with Crippen molar-refractivity contribution in [2.24, 2.45) is 0 Å². The van der Waals surface area contributed by atoms with Gasteiger partial charge in [-0.15, -0.1) is 0 Å². The highest BCUT2D eigenvalue weighted by Gasteiger charge is 2.14. The number of hydrogen-bond acceptors (Lipinski definition) is 5. The highest BCUT2D eigenvalue weighted by atomic mass is 32.2. The molecule has 5 nitrogen and oxygen atoms in total. The Balaban J connectivity index is 2.51. The minimum Gasteiger partial charge on any atom is -0.382 e. The summed E-state index contributed by atoms with van der Waals surface area (Å²) in [5.41, 5.74) is 0.169. The molecule has 0 saturated heterocycles. The predicted molar refractivity (Wildman–Crippen MR) is 74.6 cm³/mol. The van der Waals surface area contributed by atoms with Gasteiger partial charge in [0.1, 0.15) is 27.2 Å². The lowest BCUT2D eigenvalue weighted by Crippen LogP contribution is -2.15. The lowest BCUT2D eigenvalue weighted by Gasteiger charge is -2.11. The van der Waals surface area contributed by atoms with Crippen molar-refractivity contribution in [2.45, 2.75) is 0 Å². The van der Waals surface area contributed by atoms with Crippen LogP contribution in [0.5, 0.6) is 0 Å². The number of nitrogens with zero attached hydrogens (tertiary/aromatic N) is 2. The predicted octanol–water partition coefficient (Wildman–Crippen LogP) is 1.84. The number of sulfone groups is 1. The van der Waals surface area contributed by atoms with Gasteiger partial charge in [-0.25, -0.2) is 17.2 Å². The Bertz CT molecular complexity index is 845. The molecule has 0 atom stereocenters. The summed E-state index contributed by atoms with van der Waals surface area (Å²) in [6.45, 7) is 0.0186. The van der Waals surface area contributed by atoms with Gasteiger partial charge in [0, 0.05) is 30.4 Å². The maximum Gasteiger partial charge on any atom is 0.152 e. The molecule has 110 valence electrons. The van der Waals surface area contributed by atoms with E-state index in [0.29, 0.717) is 6.07 Å². The second-order valence-electron chi connectivity index (χ2n) is 4.50. The van der Waals surface area contributed by atoms with Gasteiger partial charge in [0.25, 0.3) is 0 Å². The molecule has 0 radical (unpaired) electrons. The molecular formula is C13H11F2N3O2S. The summed E-state index contributed by atoms with van der Waals surface area (Å²) in [6.07, 6.45) is 2.23. The first kappa shape index (κ1) is 15.1. The van der Waals surface area contributed by atoms with Crippen molar-refractivity contribution in [3.05, 3.63) is 35.5 Å². The van der Waals surface area contributed by atoms with Gasteiger partial charge in [-0.2, -0.15) is 5.26 Å². The average Bonchev–Trinajstić information content (AvgIpc) is 2.37. The lowest BCUT2D eigenvalue weighted by molar-refractivity contribution is 0.590. The largest absolute Gasteiger partial charge is 0.382 e. The number of fused-ring (bicyclic) bond motifs is 1. The molecule has 1 aromatic heterocycles. The molecule has 1 aromatic carbocycles. The van der Waals surface area contributed by atoms with Crippen LogP contribution in [0.4, 0.5) is 14.5 Å². The van der Waals surface area contributed by atoms with E-state index in [0.717, 1.165) is 18.5 Å². The van der Waals surface area contributed by atoms with E-state index in [1.165, 1.54) is 0 Å². The van der Waals surface area contributed by atoms with Crippen LogP contribution in [0.3, 0.4) is 0 Å². The van der Waals surface area contributed by atoms with Crippen LogP contribution in [0.2, 0.25) is 0 Å². The molecule has 0 bridgehead atoms. The normalized spacial score (nSPS) is 11.3. The lowest BCUT2D eigenvalue weighted by atomic mass is 10.1. The van der Waals surface area contributed by atoms with Crippen LogP contribution in [0.15, 0.2) is 18.3 Å². The summed E-state index contributed by atoms with van der Waals surface area (Å²) < 4.78 is 49.2. The van der Waals surface area contributed by atoms with Crippen LogP contribution in [0.25, 0.3) is 10.9 Å². The van der Waals surface area contributed by atoms with Gasteiger partial charge in [-0.1, -0.05) is 0 Å². The molecule has 0 aliphatic heterocycles. The van der Waals surface area contributed by atoms with Gasteiger partial charge >= 0.3 is 0 Å². The summed E-state index contributed by atoms with van der Waals surface area (Å²) in [4.78, 5) is 3.79. The summed E-state index contributed by atoms with van der Waals surface area (Å²) >= 11 is 0. The van der Waals surface area contributed by atoms with Gasteiger partial charge in [0.2, 0.25) is 0 Å². The maximum atomic E-state index is 13.7. The number of halogens is 2. The molecule has 0 fully saturated rings. The molecule has 0 saturated carbocycles. The van der Waals surface area contributed by atoms with Crippen molar-refractivity contribution in [1.29, 1.82) is 5.26 Å². The zero-order valence-corrected chi connectivity index (χ0v) is 11.8. The van der Waals surface area contributed by atoms with Crippen LogP contribution in [0.1, 0.15) is 5.56 Å². The summed E-state index contributed by atoms with van der Waals surface area (Å²) in [7, 11) is -3.19. The fourth-order valence-corrected chi connectivity index (χ4v) is 2.34. The number of anilines is 1. The molecule has 0 amide bonds. The van der Waals surface area contributed by atoms with Crippen molar-refractivity contribution >= 4 is 26.4 Å². The molecule has 0 aliphatic carbocycles. The van der Waals surface area contributed by atoms with Crippen molar-refractivity contribution in [3.63, 3.8) is 0 Å². The number of aromatic nitrogens is 1. The summed E-state index contributed by atoms with van der Waals surface area (Å²) in [5.74, 6) is -1.82. The molecule has 1 N–H and O–H groups in total. The van der Waals surface area contributed by atoms with E-state index in [2.05, 4.69) is 10.3 Å². The Morgan fingerprint density at radius 2 is 2.10 bits per heavy atom. The Morgan fingerprint density at radius 1 is 1.38 bits per heavy atom. The molecule has 1 heterocycles. The minimum atomic E-state index is -3.19. The SMILES string of the molecule is CS(=O)(=O)CCNc1c(C#N)cnc2c(F)cc(F)cc12. The van der Waals surface area contributed by atoms with E-state index in [-0.39, 0.29) is 34.5 Å². The summed E-state index contributed by atoms with van der Waals surface area (Å²) in [6, 6.07) is 3.60. The Hall–Kier alpha value is -2.27. The number of pyridine rings is 1. The zero-order chi connectivity index (χ0) is 15.6. The van der Waals surface area contributed by atoms with Crippen molar-refractivity contribution in [1.82, 2.24) is 4.98 Å². The number of hydrogen-bond donors (Lipinski definition) is 1. The van der Waals surface area contributed by atoms with E-state index in [1.54, 1.807) is 0 Å². The van der Waals surface area contributed by atoms with E-state index in [4.69, 9.17) is 5.26 Å². The van der Waals surface area contributed by atoms with Gasteiger partial charge in [0.05, 0.1) is 17.0 Å². The second kappa shape index (κ2) is 5.61. The molecule has 2 aromatic rings. The first-order valence-corrected chi connectivity index (χ1v) is 7.97.